The summed E-state index contributed by atoms with van der Waals surface area (Å²) in [5, 5.41) is 20.3. The van der Waals surface area contributed by atoms with Gasteiger partial charge < -0.3 is 15.0 Å². The van der Waals surface area contributed by atoms with Crippen molar-refractivity contribution in [1.29, 1.82) is 0 Å². The minimum absolute atomic E-state index is 0.0990. The Labute approximate surface area is 144 Å². The number of fused-ring (bicyclic) bond motifs is 1. The van der Waals surface area contributed by atoms with Crippen LogP contribution < -0.4 is 0 Å². The van der Waals surface area contributed by atoms with Gasteiger partial charge in [0.05, 0.1) is 12.2 Å². The van der Waals surface area contributed by atoms with Gasteiger partial charge in [-0.05, 0) is 57.8 Å². The molecule has 0 bridgehead atoms. The van der Waals surface area contributed by atoms with Gasteiger partial charge in [0.15, 0.2) is 5.78 Å². The number of aldehydes is 1. The number of carbonyl (C=O) groups excluding carboxylic acids is 2. The van der Waals surface area contributed by atoms with Crippen LogP contribution in [-0.2, 0) is 9.59 Å². The van der Waals surface area contributed by atoms with E-state index < -0.39 is 17.4 Å². The molecule has 1 fully saturated rings. The van der Waals surface area contributed by atoms with Crippen LogP contribution in [0.15, 0.2) is 23.3 Å². The van der Waals surface area contributed by atoms with Gasteiger partial charge in [0.1, 0.15) is 6.29 Å². The molecule has 2 N–H and O–H groups in total. The Morgan fingerprint density at radius 3 is 2.58 bits per heavy atom. The van der Waals surface area contributed by atoms with Crippen molar-refractivity contribution in [1.82, 2.24) is 0 Å². The van der Waals surface area contributed by atoms with E-state index in [1.165, 1.54) is 5.57 Å². The Morgan fingerprint density at radius 2 is 2.04 bits per heavy atom. The summed E-state index contributed by atoms with van der Waals surface area (Å²) >= 11 is 0. The third kappa shape index (κ3) is 3.40. The van der Waals surface area contributed by atoms with Gasteiger partial charge in [-0.2, -0.15) is 0 Å². The number of ketones is 1. The Morgan fingerprint density at radius 1 is 1.38 bits per heavy atom. The highest BCUT2D eigenvalue weighted by Crippen LogP contribution is 2.56. The molecule has 2 aliphatic rings. The van der Waals surface area contributed by atoms with Gasteiger partial charge in [-0.15, -0.1) is 0 Å². The Balaban J connectivity index is 2.44. The summed E-state index contributed by atoms with van der Waals surface area (Å²) in [5.74, 6) is -1.23. The number of hydrogen-bond acceptors (Lipinski definition) is 4. The molecule has 1 saturated carbocycles. The van der Waals surface area contributed by atoms with Crippen molar-refractivity contribution < 1.29 is 19.8 Å². The maximum absolute atomic E-state index is 12.8. The fourth-order valence-corrected chi connectivity index (χ4v) is 4.68. The number of Topliss-reactive ketones (excluding diaryl/α,β-unsaturated/α-hetero) is 1. The van der Waals surface area contributed by atoms with E-state index in [1.54, 1.807) is 6.92 Å². The number of hydrogen-bond donors (Lipinski definition) is 2. The summed E-state index contributed by atoms with van der Waals surface area (Å²) in [6, 6.07) is 0. The summed E-state index contributed by atoms with van der Waals surface area (Å²) in [6.45, 7) is 7.61. The fraction of sp³-hybridized carbons (Fsp3) is 0.700. The first-order valence-electron chi connectivity index (χ1n) is 8.81. The molecule has 24 heavy (non-hydrogen) atoms. The lowest BCUT2D eigenvalue weighted by Gasteiger charge is -2.39. The second-order valence-electron chi connectivity index (χ2n) is 8.29. The number of rotatable bonds is 5. The van der Waals surface area contributed by atoms with E-state index in [0.29, 0.717) is 12.0 Å². The molecule has 0 aromatic heterocycles. The molecule has 0 saturated heterocycles. The second kappa shape index (κ2) is 6.93. The normalized spacial score (nSPS) is 39.0. The summed E-state index contributed by atoms with van der Waals surface area (Å²) in [5.41, 5.74) is 0.257. The number of allylic oxidation sites excluding steroid dienone is 3. The maximum atomic E-state index is 12.8. The van der Waals surface area contributed by atoms with E-state index >= 15 is 0 Å². The first-order chi connectivity index (χ1) is 11.2. The van der Waals surface area contributed by atoms with Crippen LogP contribution in [0.4, 0.5) is 0 Å². The van der Waals surface area contributed by atoms with Crippen LogP contribution >= 0.6 is 0 Å². The molecule has 0 aromatic carbocycles. The number of carbonyl (C=O) groups is 2. The van der Waals surface area contributed by atoms with E-state index in [2.05, 4.69) is 26.8 Å². The van der Waals surface area contributed by atoms with Gasteiger partial charge in [0.2, 0.25) is 0 Å². The average molecular weight is 334 g/mol. The molecule has 2 aliphatic carbocycles. The van der Waals surface area contributed by atoms with Crippen LogP contribution in [0.2, 0.25) is 0 Å². The van der Waals surface area contributed by atoms with Crippen LogP contribution in [0.25, 0.3) is 0 Å². The molecule has 0 unspecified atom stereocenters. The minimum atomic E-state index is -1.16. The topological polar surface area (TPSA) is 74.6 Å². The van der Waals surface area contributed by atoms with Gasteiger partial charge in [0.25, 0.3) is 0 Å². The first kappa shape index (κ1) is 19.1. The van der Waals surface area contributed by atoms with E-state index in [0.717, 1.165) is 19.1 Å². The molecule has 0 spiro atoms. The average Bonchev–Trinajstić information content (AvgIpc) is 2.73. The van der Waals surface area contributed by atoms with E-state index in [4.69, 9.17) is 0 Å². The summed E-state index contributed by atoms with van der Waals surface area (Å²) < 4.78 is 0. The molecule has 0 aliphatic heterocycles. The van der Waals surface area contributed by atoms with Crippen molar-refractivity contribution in [2.24, 2.45) is 23.2 Å². The minimum Gasteiger partial charge on any atom is -0.392 e. The predicted molar refractivity (Wildman–Crippen MR) is 93.3 cm³/mol. The third-order valence-corrected chi connectivity index (χ3v) is 6.03. The first-order valence-corrected chi connectivity index (χ1v) is 8.81. The van der Waals surface area contributed by atoms with Gasteiger partial charge in [-0.1, -0.05) is 24.6 Å². The lowest BCUT2D eigenvalue weighted by molar-refractivity contribution is -0.124. The second-order valence-corrected chi connectivity index (χ2v) is 8.29. The van der Waals surface area contributed by atoms with Crippen LogP contribution in [0.3, 0.4) is 0 Å². The smallest absolute Gasteiger partial charge is 0.164 e. The van der Waals surface area contributed by atoms with Crippen molar-refractivity contribution in [3.63, 3.8) is 0 Å². The van der Waals surface area contributed by atoms with Crippen molar-refractivity contribution in [3.8, 4) is 0 Å². The Bertz CT molecular complexity index is 568. The standard InChI is InChI=1S/C20H30O4/c1-13(2)6-5-8-19(3)9-7-14(11-21)18(23)15-10-20(4,24)16(12-22)17(15)19/h6-7,12,15-17,21,24H,5,8-11H2,1-4H3/t15-,16-,17+,19-,20+/m0/s1. The zero-order valence-electron chi connectivity index (χ0n) is 15.2. The van der Waals surface area contributed by atoms with Crippen molar-refractivity contribution in [3.05, 3.63) is 23.3 Å². The fourth-order valence-electron chi connectivity index (χ4n) is 4.68. The zero-order chi connectivity index (χ0) is 18.1. The van der Waals surface area contributed by atoms with Crippen LogP contribution in [0.5, 0.6) is 0 Å². The number of aliphatic hydroxyl groups is 2. The molecule has 4 heteroatoms. The van der Waals surface area contributed by atoms with Gasteiger partial charge in [-0.25, -0.2) is 0 Å². The maximum Gasteiger partial charge on any atom is 0.164 e. The van der Waals surface area contributed by atoms with Crippen LogP contribution in [0, 0.1) is 23.2 Å². The van der Waals surface area contributed by atoms with Crippen molar-refractivity contribution >= 4 is 12.1 Å². The molecular weight excluding hydrogens is 304 g/mol. The molecule has 2 rings (SSSR count). The molecule has 0 heterocycles. The molecule has 0 amide bonds. The Kier molecular flexibility index (Phi) is 5.50. The van der Waals surface area contributed by atoms with E-state index in [1.807, 2.05) is 6.08 Å². The lowest BCUT2D eigenvalue weighted by atomic mass is 9.64. The third-order valence-electron chi connectivity index (χ3n) is 6.03. The van der Waals surface area contributed by atoms with Crippen molar-refractivity contribution in [2.75, 3.05) is 6.61 Å². The summed E-state index contributed by atoms with van der Waals surface area (Å²) in [6.07, 6.45) is 7.52. The van der Waals surface area contributed by atoms with E-state index in [9.17, 15) is 19.8 Å². The quantitative estimate of drug-likeness (QED) is 0.599. The largest absolute Gasteiger partial charge is 0.392 e. The monoisotopic (exact) mass is 334 g/mol. The van der Waals surface area contributed by atoms with Gasteiger partial charge in [0, 0.05) is 17.4 Å². The lowest BCUT2D eigenvalue weighted by Crippen LogP contribution is -2.40. The SMILES string of the molecule is CC(C)=CCC[C@@]1(C)CC=C(CO)C(=O)[C@H]2C[C@@](C)(O)[C@@H](C=O)[C@@H]21. The highest BCUT2D eigenvalue weighted by Gasteiger charge is 2.58. The van der Waals surface area contributed by atoms with Crippen LogP contribution in [-0.4, -0.2) is 34.5 Å². The molecule has 0 radical (unpaired) electrons. The van der Waals surface area contributed by atoms with Gasteiger partial charge in [-0.3, -0.25) is 4.79 Å². The highest BCUT2D eigenvalue weighted by molar-refractivity contribution is 5.98. The molecule has 5 atom stereocenters. The number of aliphatic hydroxyl groups excluding tert-OH is 1. The summed E-state index contributed by atoms with van der Waals surface area (Å²) in [7, 11) is 0. The van der Waals surface area contributed by atoms with Crippen LogP contribution in [0.1, 0.15) is 53.4 Å². The molecule has 4 nitrogen and oxygen atoms in total. The molecular formula is C20H30O4. The van der Waals surface area contributed by atoms with Gasteiger partial charge >= 0.3 is 0 Å². The highest BCUT2D eigenvalue weighted by atomic mass is 16.3. The summed E-state index contributed by atoms with van der Waals surface area (Å²) in [4.78, 5) is 24.6. The van der Waals surface area contributed by atoms with Crippen molar-refractivity contribution in [2.45, 2.75) is 59.0 Å². The molecule has 134 valence electrons. The predicted octanol–water partition coefficient (Wildman–Crippen LogP) is 2.83. The Hall–Kier alpha value is -1.26. The zero-order valence-corrected chi connectivity index (χ0v) is 15.2. The molecule has 0 aromatic rings. The van der Waals surface area contributed by atoms with E-state index in [-0.39, 0.29) is 30.1 Å².